The Kier molecular flexibility index (Phi) is 5.30. The van der Waals surface area contributed by atoms with E-state index in [1.807, 2.05) is 30.4 Å². The molecule has 0 spiro atoms. The van der Waals surface area contributed by atoms with Gasteiger partial charge in [0.1, 0.15) is 0 Å². The Hall–Kier alpha value is -2.02. The first-order valence-corrected chi connectivity index (χ1v) is 7.51. The van der Waals surface area contributed by atoms with Crippen molar-refractivity contribution in [1.82, 2.24) is 0 Å². The zero-order chi connectivity index (χ0) is 17.0. The molecule has 23 heavy (non-hydrogen) atoms. The molecule has 0 radical (unpaired) electrons. The molecular weight excluding hydrogens is 373 g/mol. The first-order chi connectivity index (χ1) is 10.7. The number of halogens is 4. The lowest BCUT2D eigenvalue weighted by Gasteiger charge is -2.11. The molecule has 3 nitrogen and oxygen atoms in total. The summed E-state index contributed by atoms with van der Waals surface area (Å²) in [7, 11) is 0. The van der Waals surface area contributed by atoms with Crippen LogP contribution in [-0.2, 0) is 11.3 Å². The Morgan fingerprint density at radius 2 is 1.87 bits per heavy atom. The van der Waals surface area contributed by atoms with E-state index in [1.54, 1.807) is 12.1 Å². The Morgan fingerprint density at radius 1 is 1.13 bits per heavy atom. The van der Waals surface area contributed by atoms with Gasteiger partial charge in [0.2, 0.25) is 0 Å². The van der Waals surface area contributed by atoms with E-state index in [4.69, 9.17) is 0 Å². The predicted molar refractivity (Wildman–Crippen MR) is 87.3 cm³/mol. The largest absolute Gasteiger partial charge is 0.471 e. The van der Waals surface area contributed by atoms with E-state index in [9.17, 15) is 18.0 Å². The smallest absolute Gasteiger partial charge is 0.381 e. The maximum atomic E-state index is 12.3. The molecule has 0 heterocycles. The molecule has 7 heteroatoms. The van der Waals surface area contributed by atoms with Crippen molar-refractivity contribution in [3.8, 4) is 0 Å². The maximum Gasteiger partial charge on any atom is 0.471 e. The minimum absolute atomic E-state index is 0.108. The fourth-order valence-electron chi connectivity index (χ4n) is 2.00. The number of alkyl halides is 3. The summed E-state index contributed by atoms with van der Waals surface area (Å²) in [4.78, 5) is 10.9. The average Bonchev–Trinajstić information content (AvgIpc) is 2.43. The van der Waals surface area contributed by atoms with Gasteiger partial charge in [-0.1, -0.05) is 28.1 Å². The number of carbonyl (C=O) groups is 1. The summed E-state index contributed by atoms with van der Waals surface area (Å²) in [5.41, 5.74) is 2.83. The summed E-state index contributed by atoms with van der Waals surface area (Å²) in [6, 6.07) is 12.1. The van der Waals surface area contributed by atoms with Crippen molar-refractivity contribution < 1.29 is 18.0 Å². The highest BCUT2D eigenvalue weighted by Crippen LogP contribution is 2.21. The zero-order valence-corrected chi connectivity index (χ0v) is 13.8. The second kappa shape index (κ2) is 7.04. The molecule has 1 amide bonds. The van der Waals surface area contributed by atoms with E-state index in [0.717, 1.165) is 21.3 Å². The molecular formula is C16H14BrF3N2O. The van der Waals surface area contributed by atoms with Crippen LogP contribution in [0.2, 0.25) is 0 Å². The van der Waals surface area contributed by atoms with Gasteiger partial charge in [0.05, 0.1) is 0 Å². The van der Waals surface area contributed by atoms with Gasteiger partial charge in [-0.25, -0.2) is 0 Å². The number of aryl methyl sites for hydroxylation is 1. The molecule has 0 saturated heterocycles. The number of benzene rings is 2. The standard InChI is InChI=1S/C16H14BrF3N2O/c1-10-5-12(17)8-14(6-10)21-9-11-3-2-4-13(7-11)22-15(23)16(18,19)20/h2-8,21H,9H2,1H3,(H,22,23). The van der Waals surface area contributed by atoms with E-state index in [2.05, 4.69) is 21.2 Å². The van der Waals surface area contributed by atoms with E-state index < -0.39 is 12.1 Å². The highest BCUT2D eigenvalue weighted by molar-refractivity contribution is 9.10. The first-order valence-electron chi connectivity index (χ1n) is 6.72. The van der Waals surface area contributed by atoms with Crippen LogP contribution >= 0.6 is 15.9 Å². The summed E-state index contributed by atoms with van der Waals surface area (Å²) in [6.45, 7) is 2.38. The van der Waals surface area contributed by atoms with Crippen LogP contribution in [0.1, 0.15) is 11.1 Å². The minimum Gasteiger partial charge on any atom is -0.381 e. The van der Waals surface area contributed by atoms with Gasteiger partial charge in [0, 0.05) is 22.4 Å². The molecule has 2 N–H and O–H groups in total. The molecule has 0 fully saturated rings. The normalized spacial score (nSPS) is 11.2. The SMILES string of the molecule is Cc1cc(Br)cc(NCc2cccc(NC(=O)C(F)(F)F)c2)c1. The number of hydrogen-bond donors (Lipinski definition) is 2. The number of carbonyl (C=O) groups excluding carboxylic acids is 1. The summed E-state index contributed by atoms with van der Waals surface area (Å²) >= 11 is 3.40. The van der Waals surface area contributed by atoms with Crippen molar-refractivity contribution in [2.45, 2.75) is 19.6 Å². The summed E-state index contributed by atoms with van der Waals surface area (Å²) in [5.74, 6) is -1.98. The van der Waals surface area contributed by atoms with Gasteiger partial charge in [-0.15, -0.1) is 0 Å². The third-order valence-electron chi connectivity index (χ3n) is 2.98. The number of nitrogens with one attached hydrogen (secondary N) is 2. The van der Waals surface area contributed by atoms with E-state index in [1.165, 1.54) is 12.1 Å². The molecule has 0 aromatic heterocycles. The molecule has 0 aliphatic carbocycles. The predicted octanol–water partition coefficient (Wildman–Crippen LogP) is 4.87. The Bertz CT molecular complexity index is 696. The lowest BCUT2D eigenvalue weighted by molar-refractivity contribution is -0.167. The van der Waals surface area contributed by atoms with Crippen LogP contribution in [0.3, 0.4) is 0 Å². The Balaban J connectivity index is 2.04. The van der Waals surface area contributed by atoms with Crippen molar-refractivity contribution in [2.75, 3.05) is 10.6 Å². The molecule has 2 aromatic rings. The topological polar surface area (TPSA) is 41.1 Å². The van der Waals surface area contributed by atoms with Crippen LogP contribution in [0.25, 0.3) is 0 Å². The summed E-state index contributed by atoms with van der Waals surface area (Å²) in [5, 5.41) is 5.03. The second-order valence-corrected chi connectivity index (χ2v) is 5.94. The fraction of sp³-hybridized carbons (Fsp3) is 0.188. The number of hydrogen-bond acceptors (Lipinski definition) is 2. The van der Waals surface area contributed by atoms with Crippen molar-refractivity contribution in [3.05, 3.63) is 58.1 Å². The monoisotopic (exact) mass is 386 g/mol. The minimum atomic E-state index is -4.90. The summed E-state index contributed by atoms with van der Waals surface area (Å²) in [6.07, 6.45) is -4.90. The number of rotatable bonds is 4. The number of amides is 1. The first kappa shape index (κ1) is 17.3. The van der Waals surface area contributed by atoms with Gasteiger partial charge in [0.15, 0.2) is 0 Å². The molecule has 0 bridgehead atoms. The zero-order valence-electron chi connectivity index (χ0n) is 12.2. The molecule has 2 rings (SSSR count). The van der Waals surface area contributed by atoms with Crippen molar-refractivity contribution >= 4 is 33.2 Å². The Morgan fingerprint density at radius 3 is 2.52 bits per heavy atom. The van der Waals surface area contributed by atoms with Crippen LogP contribution in [-0.4, -0.2) is 12.1 Å². The summed E-state index contributed by atoms with van der Waals surface area (Å²) < 4.78 is 37.7. The maximum absolute atomic E-state index is 12.3. The molecule has 2 aromatic carbocycles. The number of anilines is 2. The fourth-order valence-corrected chi connectivity index (χ4v) is 2.61. The average molecular weight is 387 g/mol. The van der Waals surface area contributed by atoms with Crippen LogP contribution < -0.4 is 10.6 Å². The van der Waals surface area contributed by atoms with Crippen LogP contribution in [0.15, 0.2) is 46.9 Å². The van der Waals surface area contributed by atoms with Gasteiger partial charge in [0.25, 0.3) is 0 Å². The molecule has 0 aliphatic heterocycles. The van der Waals surface area contributed by atoms with Gasteiger partial charge in [-0.05, 0) is 48.4 Å². The van der Waals surface area contributed by atoms with Crippen LogP contribution in [0.4, 0.5) is 24.5 Å². The lowest BCUT2D eigenvalue weighted by Crippen LogP contribution is -2.29. The van der Waals surface area contributed by atoms with Gasteiger partial charge in [-0.2, -0.15) is 13.2 Å². The highest BCUT2D eigenvalue weighted by Gasteiger charge is 2.38. The van der Waals surface area contributed by atoms with Crippen LogP contribution in [0.5, 0.6) is 0 Å². The van der Waals surface area contributed by atoms with E-state index in [0.29, 0.717) is 6.54 Å². The third-order valence-corrected chi connectivity index (χ3v) is 3.44. The van der Waals surface area contributed by atoms with Crippen molar-refractivity contribution in [1.29, 1.82) is 0 Å². The molecule has 0 unspecified atom stereocenters. The molecule has 0 atom stereocenters. The molecule has 0 aliphatic rings. The Labute approximate surface area is 140 Å². The highest BCUT2D eigenvalue weighted by atomic mass is 79.9. The van der Waals surface area contributed by atoms with E-state index >= 15 is 0 Å². The molecule has 122 valence electrons. The third kappa shape index (κ3) is 5.28. The van der Waals surface area contributed by atoms with Gasteiger partial charge in [-0.3, -0.25) is 4.79 Å². The van der Waals surface area contributed by atoms with Crippen LogP contribution in [0, 0.1) is 6.92 Å². The van der Waals surface area contributed by atoms with E-state index in [-0.39, 0.29) is 5.69 Å². The van der Waals surface area contributed by atoms with Crippen molar-refractivity contribution in [2.24, 2.45) is 0 Å². The quantitative estimate of drug-likeness (QED) is 0.786. The molecule has 0 saturated carbocycles. The van der Waals surface area contributed by atoms with Crippen molar-refractivity contribution in [3.63, 3.8) is 0 Å². The second-order valence-electron chi connectivity index (χ2n) is 5.02. The van der Waals surface area contributed by atoms with Gasteiger partial charge < -0.3 is 10.6 Å². The lowest BCUT2D eigenvalue weighted by atomic mass is 10.2. The van der Waals surface area contributed by atoms with Gasteiger partial charge >= 0.3 is 12.1 Å².